The Morgan fingerprint density at radius 1 is 0.765 bits per heavy atom. The smallest absolute Gasteiger partial charge is 0.230 e. The van der Waals surface area contributed by atoms with E-state index in [1.165, 1.54) is 48.6 Å². The largest absolute Gasteiger partial charge is 0.245 e. The van der Waals surface area contributed by atoms with Crippen molar-refractivity contribution < 1.29 is 16.8 Å². The maximum atomic E-state index is 12.2. The molecule has 0 aromatic carbocycles. The van der Waals surface area contributed by atoms with Crippen LogP contribution in [0, 0.1) is 0 Å². The molecule has 0 saturated heterocycles. The highest BCUT2D eigenvalue weighted by Crippen LogP contribution is 2.27. The first kappa shape index (κ1) is 16.8. The van der Waals surface area contributed by atoms with Crippen molar-refractivity contribution in [3.63, 3.8) is 0 Å². The quantitative estimate of drug-likeness (QED) is 0.771. The first-order valence-electron chi connectivity index (χ1n) is 5.16. The molecule has 8 heteroatoms. The molecule has 0 aliphatic carbocycles. The molecule has 0 aromatic rings. The van der Waals surface area contributed by atoms with Crippen LogP contribution in [0.3, 0.4) is 0 Å². The Morgan fingerprint density at radius 3 is 1.12 bits per heavy atom. The van der Waals surface area contributed by atoms with Gasteiger partial charge in [0.05, 0.1) is 9.49 Å². The number of sulfonamides is 2. The average molecular weight is 286 g/mol. The molecule has 0 rings (SSSR count). The van der Waals surface area contributed by atoms with Crippen molar-refractivity contribution >= 4 is 20.0 Å². The van der Waals surface area contributed by atoms with Crippen molar-refractivity contribution in [2.45, 2.75) is 51.0 Å². The summed E-state index contributed by atoms with van der Waals surface area (Å²) in [7, 11) is -6.72. The van der Waals surface area contributed by atoms with Crippen molar-refractivity contribution in [3.05, 3.63) is 0 Å². The van der Waals surface area contributed by atoms with Gasteiger partial charge in [0.15, 0.2) is 0 Å². The Balaban J connectivity index is 5.90. The first-order valence-corrected chi connectivity index (χ1v) is 8.04. The third kappa shape index (κ3) is 2.98. The van der Waals surface area contributed by atoms with E-state index in [1.807, 2.05) is 0 Å². The molecular weight excluding hydrogens is 264 g/mol. The van der Waals surface area contributed by atoms with Gasteiger partial charge in [-0.3, -0.25) is 0 Å². The lowest BCUT2D eigenvalue weighted by Crippen LogP contribution is -2.56. The van der Waals surface area contributed by atoms with E-state index in [9.17, 15) is 16.8 Å². The first-order chi connectivity index (χ1) is 7.19. The molecule has 0 unspecified atom stereocenters. The summed E-state index contributed by atoms with van der Waals surface area (Å²) < 4.78 is 46.6. The van der Waals surface area contributed by atoms with Crippen LogP contribution in [-0.2, 0) is 20.0 Å². The fraction of sp³-hybridized carbons (Fsp3) is 1.00. The van der Waals surface area contributed by atoms with Gasteiger partial charge in [0, 0.05) is 7.05 Å². The Hall–Kier alpha value is -0.180. The van der Waals surface area contributed by atoms with Crippen LogP contribution < -0.4 is 5.43 Å². The lowest BCUT2D eigenvalue weighted by Gasteiger charge is -2.32. The Labute approximate surface area is 104 Å². The van der Waals surface area contributed by atoms with Crippen molar-refractivity contribution in [2.24, 2.45) is 0 Å². The minimum atomic E-state index is -4.00. The van der Waals surface area contributed by atoms with Crippen molar-refractivity contribution in [2.75, 3.05) is 7.05 Å². The van der Waals surface area contributed by atoms with Gasteiger partial charge in [-0.05, 0) is 45.4 Å². The topological polar surface area (TPSA) is 83.6 Å². The van der Waals surface area contributed by atoms with E-state index in [1.54, 1.807) is 0 Å². The molecule has 0 amide bonds. The molecule has 0 atom stereocenters. The lowest BCUT2D eigenvalue weighted by molar-refractivity contribution is 0.421. The third-order valence-corrected chi connectivity index (χ3v) is 7.68. The summed E-state index contributed by atoms with van der Waals surface area (Å²) in [5.74, 6) is 0. The number of nitrogens with zero attached hydrogens (tertiary/aromatic N) is 1. The van der Waals surface area contributed by atoms with Gasteiger partial charge in [-0.15, -0.1) is 0 Å². The van der Waals surface area contributed by atoms with E-state index in [4.69, 9.17) is 0 Å². The highest BCUT2D eigenvalue weighted by Gasteiger charge is 2.46. The maximum Gasteiger partial charge on any atom is 0.245 e. The van der Waals surface area contributed by atoms with Gasteiger partial charge in [-0.2, -0.15) is 0 Å². The normalized spacial score (nSPS) is 15.3. The van der Waals surface area contributed by atoms with E-state index in [-0.39, 0.29) is 0 Å². The van der Waals surface area contributed by atoms with E-state index in [0.29, 0.717) is 3.82 Å². The number of nitrogens with one attached hydrogen (secondary N) is 1. The number of hydrazine groups is 1. The summed E-state index contributed by atoms with van der Waals surface area (Å²) >= 11 is 0. The van der Waals surface area contributed by atoms with Crippen LogP contribution in [0.1, 0.15) is 41.5 Å². The monoisotopic (exact) mass is 286 g/mol. The summed E-state index contributed by atoms with van der Waals surface area (Å²) in [6.45, 7) is 8.70. The summed E-state index contributed by atoms with van der Waals surface area (Å²) in [6.07, 6.45) is 0. The van der Waals surface area contributed by atoms with E-state index >= 15 is 0 Å². The molecule has 104 valence electrons. The summed E-state index contributed by atoms with van der Waals surface area (Å²) in [5.41, 5.74) is 2.25. The van der Waals surface area contributed by atoms with Gasteiger partial charge < -0.3 is 0 Å². The van der Waals surface area contributed by atoms with Crippen molar-refractivity contribution in [1.82, 2.24) is 9.25 Å². The zero-order valence-corrected chi connectivity index (χ0v) is 13.0. The number of hydrogen-bond acceptors (Lipinski definition) is 5. The van der Waals surface area contributed by atoms with E-state index in [2.05, 4.69) is 5.43 Å². The molecule has 6 nitrogen and oxygen atoms in total. The Bertz CT molecular complexity index is 422. The van der Waals surface area contributed by atoms with Crippen LogP contribution in [0.25, 0.3) is 0 Å². The molecule has 0 fully saturated rings. The molecule has 0 spiro atoms. The third-order valence-electron chi connectivity index (χ3n) is 2.17. The Kier molecular flexibility index (Phi) is 4.44. The summed E-state index contributed by atoms with van der Waals surface area (Å²) in [5, 5.41) is 0. The highest BCUT2D eigenvalue weighted by atomic mass is 32.3. The maximum absolute atomic E-state index is 12.2. The van der Waals surface area contributed by atoms with Crippen LogP contribution in [0.5, 0.6) is 0 Å². The minimum absolute atomic E-state index is 0.361. The van der Waals surface area contributed by atoms with Crippen molar-refractivity contribution in [3.8, 4) is 0 Å². The molecule has 0 aliphatic rings. The molecular formula is C9H22N2O4S2. The second kappa shape index (κ2) is 4.49. The molecule has 0 saturated carbocycles. The average Bonchev–Trinajstić information content (AvgIpc) is 1.99. The van der Waals surface area contributed by atoms with Crippen LogP contribution in [-0.4, -0.2) is 37.2 Å². The SMILES string of the molecule is CNN(S(=O)(=O)C(C)(C)C)S(=O)(=O)C(C)(C)C. The van der Waals surface area contributed by atoms with Gasteiger partial charge in [0.25, 0.3) is 0 Å². The molecule has 0 aromatic heterocycles. The van der Waals surface area contributed by atoms with Crippen LogP contribution in [0.4, 0.5) is 0 Å². The van der Waals surface area contributed by atoms with Gasteiger partial charge in [0.1, 0.15) is 0 Å². The standard InChI is InChI=1S/C9H22N2O4S2/c1-8(2,3)16(12,13)11(10-7)17(14,15)9(4,5)6/h10H,1-7H3. The second-order valence-corrected chi connectivity index (χ2v) is 11.0. The van der Waals surface area contributed by atoms with E-state index in [0.717, 1.165) is 0 Å². The predicted molar refractivity (Wildman–Crippen MR) is 68.2 cm³/mol. The van der Waals surface area contributed by atoms with Gasteiger partial charge in [-0.25, -0.2) is 22.3 Å². The zero-order valence-electron chi connectivity index (χ0n) is 11.4. The molecule has 0 bridgehead atoms. The number of hydrogen-bond donors (Lipinski definition) is 1. The Morgan fingerprint density at radius 2 is 1.00 bits per heavy atom. The number of rotatable bonds is 3. The van der Waals surface area contributed by atoms with E-state index < -0.39 is 29.5 Å². The van der Waals surface area contributed by atoms with Crippen molar-refractivity contribution in [1.29, 1.82) is 0 Å². The molecule has 0 aliphatic heterocycles. The van der Waals surface area contributed by atoms with Gasteiger partial charge in [0.2, 0.25) is 20.0 Å². The lowest BCUT2D eigenvalue weighted by atomic mass is 10.3. The van der Waals surface area contributed by atoms with Crippen LogP contribution in [0.2, 0.25) is 0 Å². The minimum Gasteiger partial charge on any atom is -0.230 e. The molecule has 1 N–H and O–H groups in total. The zero-order chi connectivity index (χ0) is 14.3. The predicted octanol–water partition coefficient (Wildman–Crippen LogP) is 0.679. The summed E-state index contributed by atoms with van der Waals surface area (Å²) in [6, 6.07) is 0. The fourth-order valence-electron chi connectivity index (χ4n) is 0.867. The molecule has 0 radical (unpaired) electrons. The fourth-order valence-corrected chi connectivity index (χ4v) is 4.72. The molecule has 0 heterocycles. The van der Waals surface area contributed by atoms with Gasteiger partial charge in [-0.1, -0.05) is 0 Å². The molecule has 17 heavy (non-hydrogen) atoms. The van der Waals surface area contributed by atoms with Crippen LogP contribution in [0.15, 0.2) is 0 Å². The second-order valence-electron chi connectivity index (χ2n) is 5.66. The highest BCUT2D eigenvalue weighted by molar-refractivity contribution is 8.05. The van der Waals surface area contributed by atoms with Gasteiger partial charge >= 0.3 is 0 Å². The summed E-state index contributed by atoms with van der Waals surface area (Å²) in [4.78, 5) is 0. The van der Waals surface area contributed by atoms with Crippen LogP contribution >= 0.6 is 0 Å².